The van der Waals surface area contributed by atoms with E-state index in [0.29, 0.717) is 12.5 Å². The normalized spacial score (nSPS) is 11.1. The van der Waals surface area contributed by atoms with Crippen molar-refractivity contribution >= 4 is 15.9 Å². The number of ether oxygens (including phenoxy) is 1. The first-order valence-corrected chi connectivity index (χ1v) is 8.10. The molecule has 0 bridgehead atoms. The fourth-order valence-electron chi connectivity index (χ4n) is 2.09. The molecule has 1 N–H and O–H groups in total. The summed E-state index contributed by atoms with van der Waals surface area (Å²) in [7, 11) is 0. The van der Waals surface area contributed by atoms with Crippen LogP contribution in [0.3, 0.4) is 0 Å². The van der Waals surface area contributed by atoms with Gasteiger partial charge in [0.1, 0.15) is 23.9 Å². The van der Waals surface area contributed by atoms with E-state index in [9.17, 15) is 0 Å². The Labute approximate surface area is 134 Å². The van der Waals surface area contributed by atoms with Crippen LogP contribution in [0.25, 0.3) is 0 Å². The van der Waals surface area contributed by atoms with Crippen LogP contribution < -0.4 is 10.1 Å². The van der Waals surface area contributed by atoms with Crippen molar-refractivity contribution in [3.05, 3.63) is 51.9 Å². The van der Waals surface area contributed by atoms with Gasteiger partial charge in [0.05, 0.1) is 6.54 Å². The lowest BCUT2D eigenvalue weighted by molar-refractivity contribution is 0.262. The van der Waals surface area contributed by atoms with Gasteiger partial charge in [-0.05, 0) is 48.4 Å². The maximum atomic E-state index is 5.92. The van der Waals surface area contributed by atoms with Gasteiger partial charge in [-0.2, -0.15) is 0 Å². The molecule has 0 unspecified atom stereocenters. The standard InChI is InChI=1S/C17H22BrNO2/c1-4-19-10-14-6-7-15(21-14)11-20-17-8-5-13(18)9-16(17)12(2)3/h5-9,12,19H,4,10-11H2,1-3H3. The molecular weight excluding hydrogens is 330 g/mol. The second-order valence-corrected chi connectivity index (χ2v) is 6.19. The monoisotopic (exact) mass is 351 g/mol. The van der Waals surface area contributed by atoms with Crippen molar-refractivity contribution in [1.29, 1.82) is 0 Å². The summed E-state index contributed by atoms with van der Waals surface area (Å²) < 4.78 is 12.7. The molecule has 0 aliphatic carbocycles. The molecule has 1 aromatic carbocycles. The highest BCUT2D eigenvalue weighted by Crippen LogP contribution is 2.30. The zero-order valence-corrected chi connectivity index (χ0v) is 14.4. The Morgan fingerprint density at radius 2 is 1.95 bits per heavy atom. The Hall–Kier alpha value is -1.26. The second-order valence-electron chi connectivity index (χ2n) is 5.27. The predicted octanol–water partition coefficient (Wildman–Crippen LogP) is 4.85. The van der Waals surface area contributed by atoms with Crippen LogP contribution in [0.15, 0.2) is 39.2 Å². The maximum absolute atomic E-state index is 5.92. The molecule has 0 atom stereocenters. The molecule has 0 radical (unpaired) electrons. The van der Waals surface area contributed by atoms with Crippen LogP contribution in [-0.2, 0) is 13.2 Å². The maximum Gasteiger partial charge on any atom is 0.146 e. The minimum Gasteiger partial charge on any atom is -0.485 e. The summed E-state index contributed by atoms with van der Waals surface area (Å²) in [5.74, 6) is 3.12. The second kappa shape index (κ2) is 7.66. The summed E-state index contributed by atoms with van der Waals surface area (Å²) in [5.41, 5.74) is 1.20. The van der Waals surface area contributed by atoms with Crippen molar-refractivity contribution < 1.29 is 9.15 Å². The van der Waals surface area contributed by atoms with Crippen LogP contribution in [0, 0.1) is 0 Å². The number of halogens is 1. The molecule has 0 saturated heterocycles. The quantitative estimate of drug-likeness (QED) is 0.773. The number of benzene rings is 1. The lowest BCUT2D eigenvalue weighted by Gasteiger charge is -2.13. The van der Waals surface area contributed by atoms with Crippen molar-refractivity contribution in [3.63, 3.8) is 0 Å². The van der Waals surface area contributed by atoms with Crippen LogP contribution in [-0.4, -0.2) is 6.54 Å². The highest BCUT2D eigenvalue weighted by Gasteiger charge is 2.10. The molecule has 3 nitrogen and oxygen atoms in total. The zero-order chi connectivity index (χ0) is 15.2. The third-order valence-corrected chi connectivity index (χ3v) is 3.72. The van der Waals surface area contributed by atoms with E-state index >= 15 is 0 Å². The molecule has 1 heterocycles. The molecule has 0 fully saturated rings. The van der Waals surface area contributed by atoms with E-state index in [1.165, 1.54) is 5.56 Å². The molecule has 0 aliphatic rings. The molecular formula is C17H22BrNO2. The van der Waals surface area contributed by atoms with E-state index < -0.39 is 0 Å². The van der Waals surface area contributed by atoms with E-state index in [1.54, 1.807) is 0 Å². The lowest BCUT2D eigenvalue weighted by Crippen LogP contribution is -2.10. The summed E-state index contributed by atoms with van der Waals surface area (Å²) in [6, 6.07) is 10.1. The van der Waals surface area contributed by atoms with Crippen molar-refractivity contribution in [3.8, 4) is 5.75 Å². The van der Waals surface area contributed by atoms with Crippen LogP contribution in [0.5, 0.6) is 5.75 Å². The fraction of sp³-hybridized carbons (Fsp3) is 0.412. The summed E-state index contributed by atoms with van der Waals surface area (Å²) in [6.45, 7) is 8.54. The third kappa shape index (κ3) is 4.61. The van der Waals surface area contributed by atoms with Gasteiger partial charge < -0.3 is 14.5 Å². The summed E-state index contributed by atoms with van der Waals surface area (Å²) in [4.78, 5) is 0. The van der Waals surface area contributed by atoms with Crippen LogP contribution >= 0.6 is 15.9 Å². The van der Waals surface area contributed by atoms with Gasteiger partial charge >= 0.3 is 0 Å². The topological polar surface area (TPSA) is 34.4 Å². The minimum atomic E-state index is 0.415. The molecule has 114 valence electrons. The minimum absolute atomic E-state index is 0.415. The van der Waals surface area contributed by atoms with Gasteiger partial charge in [0.15, 0.2) is 0 Å². The van der Waals surface area contributed by atoms with Crippen molar-refractivity contribution in [2.75, 3.05) is 6.54 Å². The van der Waals surface area contributed by atoms with Gasteiger partial charge in [-0.15, -0.1) is 0 Å². The highest BCUT2D eigenvalue weighted by atomic mass is 79.9. The largest absolute Gasteiger partial charge is 0.485 e. The van der Waals surface area contributed by atoms with Gasteiger partial charge in [0.2, 0.25) is 0 Å². The van der Waals surface area contributed by atoms with E-state index in [4.69, 9.17) is 9.15 Å². The number of hydrogen-bond acceptors (Lipinski definition) is 3. The van der Waals surface area contributed by atoms with E-state index in [-0.39, 0.29) is 0 Å². The Kier molecular flexibility index (Phi) is 5.88. The first-order valence-electron chi connectivity index (χ1n) is 7.30. The SMILES string of the molecule is CCNCc1ccc(COc2ccc(Br)cc2C(C)C)o1. The van der Waals surface area contributed by atoms with Crippen molar-refractivity contribution in [2.45, 2.75) is 39.8 Å². The number of nitrogens with one attached hydrogen (secondary N) is 1. The highest BCUT2D eigenvalue weighted by molar-refractivity contribution is 9.10. The van der Waals surface area contributed by atoms with Crippen molar-refractivity contribution in [1.82, 2.24) is 5.32 Å². The molecule has 2 aromatic rings. The molecule has 0 saturated carbocycles. The Bertz CT molecular complexity index is 578. The third-order valence-electron chi connectivity index (χ3n) is 3.23. The molecule has 0 amide bonds. The van der Waals surface area contributed by atoms with E-state index in [1.807, 2.05) is 24.3 Å². The van der Waals surface area contributed by atoms with Crippen LogP contribution in [0.4, 0.5) is 0 Å². The van der Waals surface area contributed by atoms with E-state index in [0.717, 1.165) is 34.8 Å². The van der Waals surface area contributed by atoms with Gasteiger partial charge in [-0.25, -0.2) is 0 Å². The lowest BCUT2D eigenvalue weighted by atomic mass is 10.0. The number of hydrogen-bond donors (Lipinski definition) is 1. The van der Waals surface area contributed by atoms with Gasteiger partial charge in [-0.3, -0.25) is 0 Å². The van der Waals surface area contributed by atoms with Crippen LogP contribution in [0.1, 0.15) is 43.8 Å². The van der Waals surface area contributed by atoms with Gasteiger partial charge in [0.25, 0.3) is 0 Å². The predicted molar refractivity (Wildman–Crippen MR) is 88.7 cm³/mol. The summed E-state index contributed by atoms with van der Waals surface area (Å²) in [6.07, 6.45) is 0. The Morgan fingerprint density at radius 1 is 1.19 bits per heavy atom. The first-order chi connectivity index (χ1) is 10.1. The van der Waals surface area contributed by atoms with Gasteiger partial charge in [-0.1, -0.05) is 36.7 Å². The fourth-order valence-corrected chi connectivity index (χ4v) is 2.47. The molecule has 0 spiro atoms. The average Bonchev–Trinajstić information content (AvgIpc) is 2.91. The molecule has 2 rings (SSSR count). The first kappa shape index (κ1) is 16.1. The number of furan rings is 1. The molecule has 4 heteroatoms. The average molecular weight is 352 g/mol. The molecule has 21 heavy (non-hydrogen) atoms. The Morgan fingerprint density at radius 3 is 2.67 bits per heavy atom. The Balaban J connectivity index is 2.01. The summed E-state index contributed by atoms with van der Waals surface area (Å²) >= 11 is 3.51. The van der Waals surface area contributed by atoms with Gasteiger partial charge in [0, 0.05) is 4.47 Å². The molecule has 0 aliphatic heterocycles. The van der Waals surface area contributed by atoms with Crippen molar-refractivity contribution in [2.24, 2.45) is 0 Å². The van der Waals surface area contributed by atoms with E-state index in [2.05, 4.69) is 48.1 Å². The number of rotatable bonds is 7. The smallest absolute Gasteiger partial charge is 0.146 e. The summed E-state index contributed by atoms with van der Waals surface area (Å²) in [5, 5.41) is 3.24. The molecule has 1 aromatic heterocycles. The van der Waals surface area contributed by atoms with Crippen LogP contribution in [0.2, 0.25) is 0 Å². The zero-order valence-electron chi connectivity index (χ0n) is 12.8.